The zero-order chi connectivity index (χ0) is 17.8. The van der Waals surface area contributed by atoms with Crippen molar-refractivity contribution in [1.29, 1.82) is 5.26 Å². The van der Waals surface area contributed by atoms with Gasteiger partial charge in [-0.25, -0.2) is 4.79 Å². The van der Waals surface area contributed by atoms with Gasteiger partial charge in [0.25, 0.3) is 0 Å². The van der Waals surface area contributed by atoms with E-state index in [1.807, 2.05) is 20.8 Å². The van der Waals surface area contributed by atoms with E-state index in [0.29, 0.717) is 32.5 Å². The number of carbonyl (C=O) groups is 2. The molecular formula is C18H29N3O3. The average Bonchev–Trinajstić information content (AvgIpc) is 3.01. The van der Waals surface area contributed by atoms with Crippen LogP contribution in [0.3, 0.4) is 0 Å². The molecule has 1 aliphatic carbocycles. The first-order valence-electron chi connectivity index (χ1n) is 8.93. The highest BCUT2D eigenvalue weighted by Gasteiger charge is 2.41. The van der Waals surface area contributed by atoms with Gasteiger partial charge >= 0.3 is 6.09 Å². The number of carbonyl (C=O) groups excluding carboxylic acids is 2. The van der Waals surface area contributed by atoms with E-state index in [1.165, 1.54) is 0 Å². The van der Waals surface area contributed by atoms with Crippen molar-refractivity contribution in [2.75, 3.05) is 19.6 Å². The van der Waals surface area contributed by atoms with Crippen LogP contribution in [0.5, 0.6) is 0 Å². The van der Waals surface area contributed by atoms with Gasteiger partial charge in [0, 0.05) is 19.6 Å². The minimum Gasteiger partial charge on any atom is -0.444 e. The minimum absolute atomic E-state index is 0.142. The normalized spacial score (nSPS) is 23.4. The van der Waals surface area contributed by atoms with Crippen molar-refractivity contribution in [2.24, 2.45) is 11.3 Å². The molecule has 1 atom stereocenters. The van der Waals surface area contributed by atoms with Gasteiger partial charge in [-0.3, -0.25) is 4.79 Å². The number of piperidine rings is 1. The summed E-state index contributed by atoms with van der Waals surface area (Å²) in [6.07, 6.45) is 4.78. The minimum atomic E-state index is -0.834. The van der Waals surface area contributed by atoms with Crippen LogP contribution >= 0.6 is 0 Å². The molecule has 24 heavy (non-hydrogen) atoms. The lowest BCUT2D eigenvalue weighted by molar-refractivity contribution is -0.128. The molecule has 2 rings (SSSR count). The Morgan fingerprint density at radius 3 is 2.54 bits per heavy atom. The summed E-state index contributed by atoms with van der Waals surface area (Å²) in [7, 11) is 0. The van der Waals surface area contributed by atoms with Crippen LogP contribution in [0.4, 0.5) is 4.79 Å². The van der Waals surface area contributed by atoms with E-state index in [1.54, 1.807) is 4.90 Å². The molecule has 1 saturated carbocycles. The molecule has 6 heteroatoms. The molecule has 2 aliphatic rings. The standard InChI is InChI=1S/C18H29N3O3/c1-17(2,3)24-16(23)21-10-6-7-14(12-21)11-20-15(22)18(13-19)8-4-5-9-18/h14H,4-12H2,1-3H3,(H,20,22). The fraction of sp³-hybridized carbons (Fsp3) is 0.833. The number of amides is 2. The summed E-state index contributed by atoms with van der Waals surface area (Å²) in [5, 5.41) is 12.3. The lowest BCUT2D eigenvalue weighted by atomic mass is 9.86. The summed E-state index contributed by atoms with van der Waals surface area (Å²) in [5.41, 5.74) is -1.33. The Labute approximate surface area is 144 Å². The topological polar surface area (TPSA) is 82.4 Å². The quantitative estimate of drug-likeness (QED) is 0.860. The molecule has 1 saturated heterocycles. The first-order chi connectivity index (χ1) is 11.3. The molecule has 0 spiro atoms. The van der Waals surface area contributed by atoms with Gasteiger partial charge in [0.1, 0.15) is 11.0 Å². The van der Waals surface area contributed by atoms with Crippen molar-refractivity contribution < 1.29 is 14.3 Å². The summed E-state index contributed by atoms with van der Waals surface area (Å²) in [6, 6.07) is 2.22. The number of nitrogens with one attached hydrogen (secondary N) is 1. The van der Waals surface area contributed by atoms with Gasteiger partial charge < -0.3 is 15.0 Å². The fourth-order valence-electron chi connectivity index (χ4n) is 3.50. The molecule has 0 radical (unpaired) electrons. The Balaban J connectivity index is 1.84. The molecule has 1 unspecified atom stereocenters. The molecule has 1 aliphatic heterocycles. The zero-order valence-electron chi connectivity index (χ0n) is 15.1. The number of nitrogens with zero attached hydrogens (tertiary/aromatic N) is 2. The van der Waals surface area contributed by atoms with Crippen LogP contribution in [0.15, 0.2) is 0 Å². The van der Waals surface area contributed by atoms with Gasteiger partial charge in [-0.1, -0.05) is 12.8 Å². The molecule has 0 aromatic carbocycles. The van der Waals surface area contributed by atoms with Crippen LogP contribution in [-0.4, -0.2) is 42.1 Å². The van der Waals surface area contributed by atoms with E-state index in [9.17, 15) is 14.9 Å². The Morgan fingerprint density at radius 2 is 1.96 bits per heavy atom. The number of hydrogen-bond acceptors (Lipinski definition) is 4. The second-order valence-electron chi connectivity index (χ2n) is 8.05. The Morgan fingerprint density at radius 1 is 1.29 bits per heavy atom. The van der Waals surface area contributed by atoms with E-state index < -0.39 is 11.0 Å². The molecule has 0 aromatic rings. The third-order valence-electron chi connectivity index (χ3n) is 4.83. The van der Waals surface area contributed by atoms with Crippen molar-refractivity contribution in [1.82, 2.24) is 10.2 Å². The zero-order valence-corrected chi connectivity index (χ0v) is 15.1. The highest BCUT2D eigenvalue weighted by molar-refractivity contribution is 5.85. The van der Waals surface area contributed by atoms with Gasteiger partial charge in [-0.15, -0.1) is 0 Å². The summed E-state index contributed by atoms with van der Waals surface area (Å²) in [4.78, 5) is 26.3. The van der Waals surface area contributed by atoms with E-state index in [2.05, 4.69) is 11.4 Å². The molecule has 2 amide bonds. The highest BCUT2D eigenvalue weighted by Crippen LogP contribution is 2.37. The first-order valence-corrected chi connectivity index (χ1v) is 8.93. The van der Waals surface area contributed by atoms with Gasteiger partial charge in [-0.05, 0) is 52.4 Å². The Bertz CT molecular complexity index is 513. The van der Waals surface area contributed by atoms with E-state index in [0.717, 1.165) is 25.7 Å². The molecule has 0 bridgehead atoms. The lowest BCUT2D eigenvalue weighted by Crippen LogP contribution is -2.47. The predicted molar refractivity (Wildman–Crippen MR) is 90.1 cm³/mol. The first kappa shape index (κ1) is 18.6. The monoisotopic (exact) mass is 335 g/mol. The summed E-state index contributed by atoms with van der Waals surface area (Å²) in [6.45, 7) is 7.37. The second-order valence-corrected chi connectivity index (χ2v) is 8.05. The third-order valence-corrected chi connectivity index (χ3v) is 4.83. The smallest absolute Gasteiger partial charge is 0.410 e. The van der Waals surface area contributed by atoms with Gasteiger partial charge in [0.15, 0.2) is 0 Å². The molecule has 134 valence electrons. The van der Waals surface area contributed by atoms with Crippen LogP contribution in [0, 0.1) is 22.7 Å². The number of likely N-dealkylation sites (tertiary alicyclic amines) is 1. The molecule has 1 heterocycles. The SMILES string of the molecule is CC(C)(C)OC(=O)N1CCCC(CNC(=O)C2(C#N)CCCC2)C1. The summed E-state index contributed by atoms with van der Waals surface area (Å²) >= 11 is 0. The van der Waals surface area contributed by atoms with Crippen LogP contribution in [0.25, 0.3) is 0 Å². The lowest BCUT2D eigenvalue weighted by Gasteiger charge is -2.34. The maximum absolute atomic E-state index is 12.4. The molecule has 6 nitrogen and oxygen atoms in total. The number of hydrogen-bond donors (Lipinski definition) is 1. The summed E-state index contributed by atoms with van der Waals surface area (Å²) < 4.78 is 5.42. The maximum Gasteiger partial charge on any atom is 0.410 e. The average molecular weight is 335 g/mol. The molecule has 1 N–H and O–H groups in total. The second kappa shape index (κ2) is 7.42. The molecular weight excluding hydrogens is 306 g/mol. The number of rotatable bonds is 3. The van der Waals surface area contributed by atoms with Crippen LogP contribution in [-0.2, 0) is 9.53 Å². The van der Waals surface area contributed by atoms with E-state index >= 15 is 0 Å². The van der Waals surface area contributed by atoms with Crippen molar-refractivity contribution in [2.45, 2.75) is 64.9 Å². The van der Waals surface area contributed by atoms with Crippen molar-refractivity contribution in [3.63, 3.8) is 0 Å². The fourth-order valence-corrected chi connectivity index (χ4v) is 3.50. The predicted octanol–water partition coefficient (Wildman–Crippen LogP) is 2.83. The number of nitriles is 1. The van der Waals surface area contributed by atoms with Gasteiger partial charge in [0.2, 0.25) is 5.91 Å². The maximum atomic E-state index is 12.4. The van der Waals surface area contributed by atoms with E-state index in [4.69, 9.17) is 4.74 Å². The van der Waals surface area contributed by atoms with Gasteiger partial charge in [0.05, 0.1) is 6.07 Å². The van der Waals surface area contributed by atoms with E-state index in [-0.39, 0.29) is 17.9 Å². The van der Waals surface area contributed by atoms with Crippen molar-refractivity contribution >= 4 is 12.0 Å². The summed E-state index contributed by atoms with van der Waals surface area (Å²) in [5.74, 6) is 0.0734. The molecule has 0 aromatic heterocycles. The highest BCUT2D eigenvalue weighted by atomic mass is 16.6. The third kappa shape index (κ3) is 4.62. The van der Waals surface area contributed by atoms with Crippen LogP contribution < -0.4 is 5.32 Å². The van der Waals surface area contributed by atoms with Crippen molar-refractivity contribution in [3.05, 3.63) is 0 Å². The molecule has 2 fully saturated rings. The Hall–Kier alpha value is -1.77. The largest absolute Gasteiger partial charge is 0.444 e. The van der Waals surface area contributed by atoms with Crippen LogP contribution in [0.2, 0.25) is 0 Å². The Kier molecular flexibility index (Phi) is 5.74. The van der Waals surface area contributed by atoms with Crippen LogP contribution in [0.1, 0.15) is 59.3 Å². The number of ether oxygens (including phenoxy) is 1. The van der Waals surface area contributed by atoms with Crippen molar-refractivity contribution in [3.8, 4) is 6.07 Å². The van der Waals surface area contributed by atoms with Gasteiger partial charge in [-0.2, -0.15) is 5.26 Å².